The van der Waals surface area contributed by atoms with Crippen LogP contribution in [0.15, 0.2) is 47.5 Å². The van der Waals surface area contributed by atoms with Gasteiger partial charge < -0.3 is 14.8 Å². The number of nitrogens with one attached hydrogen (secondary N) is 1. The van der Waals surface area contributed by atoms with Gasteiger partial charge in [-0.1, -0.05) is 18.2 Å². The summed E-state index contributed by atoms with van der Waals surface area (Å²) in [6, 6.07) is 12.4. The molecule has 4 nitrogen and oxygen atoms in total. The van der Waals surface area contributed by atoms with Crippen LogP contribution in [0.25, 0.3) is 0 Å². The lowest BCUT2D eigenvalue weighted by Gasteiger charge is -2.18. The van der Waals surface area contributed by atoms with Crippen LogP contribution in [0.3, 0.4) is 0 Å². The number of nitrogens with zero attached hydrogens (tertiary/aromatic N) is 1. The first-order chi connectivity index (χ1) is 11.3. The average Bonchev–Trinajstić information content (AvgIpc) is 2.61. The van der Waals surface area contributed by atoms with Crippen LogP contribution in [0.1, 0.15) is 17.5 Å². The standard InChI is InChI=1S/C18H19FN2O2/c1-22-14-8-6-13(7-9-14)12-23-16-5-2-4-15(19)17(16)18-20-10-3-11-21-18/h2,4-9H,3,10-12H2,1H3,(H,20,21). The van der Waals surface area contributed by atoms with E-state index >= 15 is 0 Å². The molecule has 0 unspecified atom stereocenters. The summed E-state index contributed by atoms with van der Waals surface area (Å²) in [5.41, 5.74) is 1.39. The summed E-state index contributed by atoms with van der Waals surface area (Å²) < 4.78 is 25.2. The number of benzene rings is 2. The zero-order valence-corrected chi connectivity index (χ0v) is 13.0. The second kappa shape index (κ2) is 7.13. The van der Waals surface area contributed by atoms with E-state index in [1.165, 1.54) is 6.07 Å². The lowest BCUT2D eigenvalue weighted by molar-refractivity contribution is 0.303. The van der Waals surface area contributed by atoms with Crippen molar-refractivity contribution in [3.05, 3.63) is 59.4 Å². The van der Waals surface area contributed by atoms with Gasteiger partial charge in [-0.25, -0.2) is 4.39 Å². The maximum absolute atomic E-state index is 14.2. The van der Waals surface area contributed by atoms with Crippen molar-refractivity contribution in [3.8, 4) is 11.5 Å². The molecular formula is C18H19FN2O2. The van der Waals surface area contributed by atoms with Gasteiger partial charge in [0.25, 0.3) is 0 Å². The van der Waals surface area contributed by atoms with Crippen molar-refractivity contribution in [1.29, 1.82) is 0 Å². The van der Waals surface area contributed by atoms with E-state index < -0.39 is 0 Å². The van der Waals surface area contributed by atoms with Crippen molar-refractivity contribution in [2.75, 3.05) is 20.2 Å². The molecule has 2 aromatic carbocycles. The molecule has 0 amide bonds. The summed E-state index contributed by atoms with van der Waals surface area (Å²) in [4.78, 5) is 4.37. The summed E-state index contributed by atoms with van der Waals surface area (Å²) in [5, 5.41) is 3.14. The van der Waals surface area contributed by atoms with Gasteiger partial charge in [0.15, 0.2) is 0 Å². The number of methoxy groups -OCH3 is 1. The maximum Gasteiger partial charge on any atom is 0.137 e. The number of rotatable bonds is 5. The Kier molecular flexibility index (Phi) is 4.76. The smallest absolute Gasteiger partial charge is 0.137 e. The summed E-state index contributed by atoms with van der Waals surface area (Å²) in [5.74, 6) is 1.53. The minimum atomic E-state index is -0.328. The first-order valence-electron chi connectivity index (χ1n) is 7.61. The van der Waals surface area contributed by atoms with Crippen molar-refractivity contribution >= 4 is 5.84 Å². The third kappa shape index (κ3) is 3.62. The highest BCUT2D eigenvalue weighted by molar-refractivity contribution is 6.01. The molecule has 0 atom stereocenters. The monoisotopic (exact) mass is 314 g/mol. The zero-order valence-electron chi connectivity index (χ0n) is 13.0. The predicted molar refractivity (Wildman–Crippen MR) is 87.7 cm³/mol. The van der Waals surface area contributed by atoms with Crippen LogP contribution in [0.2, 0.25) is 0 Å². The Morgan fingerprint density at radius 1 is 1.17 bits per heavy atom. The van der Waals surface area contributed by atoms with Gasteiger partial charge >= 0.3 is 0 Å². The Labute approximate surface area is 135 Å². The van der Waals surface area contributed by atoms with Gasteiger partial charge in [0.1, 0.15) is 29.8 Å². The largest absolute Gasteiger partial charge is 0.497 e. The Morgan fingerprint density at radius 2 is 2.00 bits per heavy atom. The van der Waals surface area contributed by atoms with Crippen molar-refractivity contribution in [1.82, 2.24) is 5.32 Å². The normalized spacial score (nSPS) is 13.9. The van der Waals surface area contributed by atoms with E-state index in [0.717, 1.165) is 24.3 Å². The van der Waals surface area contributed by atoms with Crippen LogP contribution in [-0.2, 0) is 6.61 Å². The van der Waals surface area contributed by atoms with Gasteiger partial charge in [-0.05, 0) is 36.2 Å². The number of halogens is 1. The van der Waals surface area contributed by atoms with E-state index in [0.29, 0.717) is 30.3 Å². The molecule has 3 rings (SSSR count). The highest BCUT2D eigenvalue weighted by atomic mass is 19.1. The van der Waals surface area contributed by atoms with Crippen LogP contribution >= 0.6 is 0 Å². The molecular weight excluding hydrogens is 295 g/mol. The SMILES string of the molecule is COc1ccc(COc2cccc(F)c2C2=NCCCN2)cc1. The zero-order chi connectivity index (χ0) is 16.1. The number of aliphatic imine (C=N–C) groups is 1. The molecule has 120 valence electrons. The van der Waals surface area contributed by atoms with Gasteiger partial charge in [-0.2, -0.15) is 0 Å². The summed E-state index contributed by atoms with van der Waals surface area (Å²) in [6.45, 7) is 1.85. The third-order valence-corrected chi connectivity index (χ3v) is 3.66. The van der Waals surface area contributed by atoms with Gasteiger partial charge in [-0.3, -0.25) is 4.99 Å². The van der Waals surface area contributed by atoms with Crippen LogP contribution in [0.5, 0.6) is 11.5 Å². The maximum atomic E-state index is 14.2. The molecule has 0 spiro atoms. The lowest BCUT2D eigenvalue weighted by atomic mass is 10.1. The van der Waals surface area contributed by atoms with Gasteiger partial charge in [0, 0.05) is 13.1 Å². The van der Waals surface area contributed by atoms with E-state index in [-0.39, 0.29) is 5.82 Å². The van der Waals surface area contributed by atoms with Crippen molar-refractivity contribution in [3.63, 3.8) is 0 Å². The molecule has 2 aromatic rings. The van der Waals surface area contributed by atoms with E-state index in [4.69, 9.17) is 9.47 Å². The van der Waals surface area contributed by atoms with Gasteiger partial charge in [0.2, 0.25) is 0 Å². The average molecular weight is 314 g/mol. The third-order valence-electron chi connectivity index (χ3n) is 3.66. The van der Waals surface area contributed by atoms with Crippen molar-refractivity contribution < 1.29 is 13.9 Å². The molecule has 0 saturated heterocycles. The summed E-state index contributed by atoms with van der Waals surface area (Å²) >= 11 is 0. The van der Waals surface area contributed by atoms with Gasteiger partial charge in [-0.15, -0.1) is 0 Å². The van der Waals surface area contributed by atoms with Crippen LogP contribution in [-0.4, -0.2) is 26.0 Å². The molecule has 5 heteroatoms. The Balaban J connectivity index is 1.79. The quantitative estimate of drug-likeness (QED) is 0.922. The molecule has 0 aliphatic carbocycles. The molecule has 23 heavy (non-hydrogen) atoms. The second-order valence-electron chi connectivity index (χ2n) is 5.26. The molecule has 1 aliphatic heterocycles. The first kappa shape index (κ1) is 15.3. The molecule has 0 aromatic heterocycles. The fourth-order valence-electron chi connectivity index (χ4n) is 2.44. The molecule has 0 saturated carbocycles. The van der Waals surface area contributed by atoms with Gasteiger partial charge in [0.05, 0.1) is 12.7 Å². The highest BCUT2D eigenvalue weighted by Gasteiger charge is 2.17. The molecule has 0 bridgehead atoms. The highest BCUT2D eigenvalue weighted by Crippen LogP contribution is 2.24. The molecule has 0 radical (unpaired) electrons. The fraction of sp³-hybridized carbons (Fsp3) is 0.278. The molecule has 1 heterocycles. The van der Waals surface area contributed by atoms with Crippen LogP contribution in [0, 0.1) is 5.82 Å². The number of ether oxygens (including phenoxy) is 2. The van der Waals surface area contributed by atoms with E-state index in [9.17, 15) is 4.39 Å². The van der Waals surface area contributed by atoms with Crippen molar-refractivity contribution in [2.24, 2.45) is 4.99 Å². The first-order valence-corrected chi connectivity index (χ1v) is 7.61. The van der Waals surface area contributed by atoms with Crippen LogP contribution in [0.4, 0.5) is 4.39 Å². The summed E-state index contributed by atoms with van der Waals surface area (Å²) in [7, 11) is 1.63. The topological polar surface area (TPSA) is 42.9 Å². The Morgan fingerprint density at radius 3 is 2.70 bits per heavy atom. The number of hydrogen-bond donors (Lipinski definition) is 1. The predicted octanol–water partition coefficient (Wildman–Crippen LogP) is 3.15. The summed E-state index contributed by atoms with van der Waals surface area (Å²) in [6.07, 6.45) is 0.958. The van der Waals surface area contributed by atoms with Crippen molar-refractivity contribution in [2.45, 2.75) is 13.0 Å². The molecule has 1 aliphatic rings. The minimum absolute atomic E-state index is 0.328. The minimum Gasteiger partial charge on any atom is -0.497 e. The fourth-order valence-corrected chi connectivity index (χ4v) is 2.44. The lowest BCUT2D eigenvalue weighted by Crippen LogP contribution is -2.31. The van der Waals surface area contributed by atoms with Crippen LogP contribution < -0.4 is 14.8 Å². The molecule has 0 fully saturated rings. The number of amidine groups is 1. The molecule has 1 N–H and O–H groups in total. The Bertz CT molecular complexity index is 699. The van der Waals surface area contributed by atoms with E-state index in [1.54, 1.807) is 19.2 Å². The number of hydrogen-bond acceptors (Lipinski definition) is 4. The Hall–Kier alpha value is -2.56. The van der Waals surface area contributed by atoms with E-state index in [2.05, 4.69) is 10.3 Å². The van der Waals surface area contributed by atoms with E-state index in [1.807, 2.05) is 24.3 Å². The second-order valence-corrected chi connectivity index (χ2v) is 5.26.